The van der Waals surface area contributed by atoms with Crippen LogP contribution in [-0.2, 0) is 9.59 Å². The molecule has 0 aromatic rings. The second-order valence-electron chi connectivity index (χ2n) is 3.47. The van der Waals surface area contributed by atoms with Crippen molar-refractivity contribution in [1.29, 1.82) is 0 Å². The van der Waals surface area contributed by atoms with Crippen LogP contribution in [-0.4, -0.2) is 18.0 Å². The van der Waals surface area contributed by atoms with E-state index in [0.717, 1.165) is 0 Å². The molecule has 0 spiro atoms. The maximum absolute atomic E-state index is 11.3. The SMILES string of the molecule is C=C(C)C(=O)NC(CC)NC(=O)C(=C)C. The fourth-order valence-corrected chi connectivity index (χ4v) is 0.803. The summed E-state index contributed by atoms with van der Waals surface area (Å²) >= 11 is 0. The van der Waals surface area contributed by atoms with Gasteiger partial charge in [0.2, 0.25) is 11.8 Å². The fourth-order valence-electron chi connectivity index (χ4n) is 0.803. The molecular weight excluding hydrogens is 192 g/mol. The van der Waals surface area contributed by atoms with Gasteiger partial charge in [-0.15, -0.1) is 0 Å². The lowest BCUT2D eigenvalue weighted by atomic mass is 10.2. The summed E-state index contributed by atoms with van der Waals surface area (Å²) in [7, 11) is 0. The minimum Gasteiger partial charge on any atom is -0.332 e. The summed E-state index contributed by atoms with van der Waals surface area (Å²) in [6.07, 6.45) is 0.233. The van der Waals surface area contributed by atoms with Gasteiger partial charge in [0.05, 0.1) is 0 Å². The third-order valence-corrected chi connectivity index (χ3v) is 1.79. The summed E-state index contributed by atoms with van der Waals surface area (Å²) < 4.78 is 0. The highest BCUT2D eigenvalue weighted by atomic mass is 16.2. The van der Waals surface area contributed by atoms with Crippen molar-refractivity contribution in [3.05, 3.63) is 24.3 Å². The van der Waals surface area contributed by atoms with E-state index in [9.17, 15) is 9.59 Å². The molecule has 15 heavy (non-hydrogen) atoms. The molecule has 0 aliphatic carbocycles. The monoisotopic (exact) mass is 210 g/mol. The molecule has 0 rings (SSSR count). The van der Waals surface area contributed by atoms with Crippen molar-refractivity contribution in [3.8, 4) is 0 Å². The topological polar surface area (TPSA) is 58.2 Å². The van der Waals surface area contributed by atoms with Gasteiger partial charge in [-0.2, -0.15) is 0 Å². The summed E-state index contributed by atoms with van der Waals surface area (Å²) in [6.45, 7) is 12.1. The van der Waals surface area contributed by atoms with Crippen LogP contribution in [0, 0.1) is 0 Å². The summed E-state index contributed by atoms with van der Waals surface area (Å²) in [5.41, 5.74) is 0.830. The van der Waals surface area contributed by atoms with Gasteiger partial charge in [-0.3, -0.25) is 9.59 Å². The minimum absolute atomic E-state index is 0.260. The first kappa shape index (κ1) is 13.4. The van der Waals surface area contributed by atoms with Crippen molar-refractivity contribution in [2.45, 2.75) is 33.4 Å². The second kappa shape index (κ2) is 6.01. The van der Waals surface area contributed by atoms with Crippen molar-refractivity contribution in [2.75, 3.05) is 0 Å². The van der Waals surface area contributed by atoms with E-state index in [1.807, 2.05) is 6.92 Å². The predicted molar refractivity (Wildman–Crippen MR) is 60.0 cm³/mol. The van der Waals surface area contributed by atoms with Crippen LogP contribution >= 0.6 is 0 Å². The molecule has 0 aromatic heterocycles. The molecule has 0 aliphatic rings. The Labute approximate surface area is 90.4 Å². The van der Waals surface area contributed by atoms with Crippen LogP contribution in [0.15, 0.2) is 24.3 Å². The lowest BCUT2D eigenvalue weighted by Crippen LogP contribution is -2.47. The van der Waals surface area contributed by atoms with Gasteiger partial charge in [-0.25, -0.2) is 0 Å². The highest BCUT2D eigenvalue weighted by molar-refractivity contribution is 5.94. The fraction of sp³-hybridized carbons (Fsp3) is 0.455. The lowest BCUT2D eigenvalue weighted by molar-refractivity contribution is -0.120. The third kappa shape index (κ3) is 5.00. The molecule has 0 atom stereocenters. The molecule has 0 saturated heterocycles. The van der Waals surface area contributed by atoms with Crippen LogP contribution in [0.4, 0.5) is 0 Å². The first-order valence-electron chi connectivity index (χ1n) is 4.81. The number of rotatable bonds is 5. The normalized spacial score (nSPS) is 9.60. The van der Waals surface area contributed by atoms with E-state index in [-0.39, 0.29) is 18.0 Å². The van der Waals surface area contributed by atoms with Gasteiger partial charge in [-0.05, 0) is 20.3 Å². The molecule has 0 radical (unpaired) electrons. The molecule has 0 heterocycles. The lowest BCUT2D eigenvalue weighted by Gasteiger charge is -2.18. The van der Waals surface area contributed by atoms with E-state index in [1.54, 1.807) is 13.8 Å². The third-order valence-electron chi connectivity index (χ3n) is 1.79. The molecule has 2 amide bonds. The van der Waals surface area contributed by atoms with Crippen LogP contribution in [0.2, 0.25) is 0 Å². The summed E-state index contributed by atoms with van der Waals surface area (Å²) in [6, 6.07) is 0. The average molecular weight is 210 g/mol. The van der Waals surface area contributed by atoms with Gasteiger partial charge in [0, 0.05) is 11.1 Å². The van der Waals surface area contributed by atoms with Gasteiger partial charge in [0.25, 0.3) is 0 Å². The van der Waals surface area contributed by atoms with Crippen molar-refractivity contribution < 1.29 is 9.59 Å². The highest BCUT2D eigenvalue weighted by Gasteiger charge is 2.13. The smallest absolute Gasteiger partial charge is 0.247 e. The van der Waals surface area contributed by atoms with E-state index in [4.69, 9.17) is 0 Å². The molecule has 84 valence electrons. The van der Waals surface area contributed by atoms with Gasteiger partial charge in [0.15, 0.2) is 0 Å². The quantitative estimate of drug-likeness (QED) is 0.527. The zero-order chi connectivity index (χ0) is 12.0. The standard InChI is InChI=1S/C11H18N2O2/c1-6-9(12-10(14)7(2)3)13-11(15)8(4)5/h9H,2,4,6H2,1,3,5H3,(H,12,14)(H,13,15). The van der Waals surface area contributed by atoms with Crippen LogP contribution in [0.25, 0.3) is 0 Å². The van der Waals surface area contributed by atoms with Gasteiger partial charge >= 0.3 is 0 Å². The first-order valence-corrected chi connectivity index (χ1v) is 4.81. The van der Waals surface area contributed by atoms with Crippen molar-refractivity contribution in [3.63, 3.8) is 0 Å². The average Bonchev–Trinajstić information content (AvgIpc) is 2.15. The molecule has 2 N–H and O–H groups in total. The van der Waals surface area contributed by atoms with Crippen molar-refractivity contribution in [1.82, 2.24) is 10.6 Å². The largest absolute Gasteiger partial charge is 0.332 e. The first-order chi connectivity index (χ1) is 6.88. The molecule has 0 aliphatic heterocycles. The van der Waals surface area contributed by atoms with E-state index in [0.29, 0.717) is 17.6 Å². The Morgan fingerprint density at radius 2 is 1.40 bits per heavy atom. The van der Waals surface area contributed by atoms with Crippen LogP contribution < -0.4 is 10.6 Å². The van der Waals surface area contributed by atoms with E-state index < -0.39 is 0 Å². The number of nitrogens with one attached hydrogen (secondary N) is 2. The number of carbonyl (C=O) groups excluding carboxylic acids is 2. The van der Waals surface area contributed by atoms with E-state index >= 15 is 0 Å². The number of hydrogen-bond acceptors (Lipinski definition) is 2. The molecule has 0 saturated carbocycles. The minimum atomic E-state index is -0.376. The Morgan fingerprint density at radius 3 is 1.60 bits per heavy atom. The molecule has 0 bridgehead atoms. The second-order valence-corrected chi connectivity index (χ2v) is 3.47. The zero-order valence-electron chi connectivity index (χ0n) is 9.52. The van der Waals surface area contributed by atoms with E-state index in [1.165, 1.54) is 0 Å². The van der Waals surface area contributed by atoms with Crippen molar-refractivity contribution in [2.24, 2.45) is 0 Å². The summed E-state index contributed by atoms with van der Waals surface area (Å²) in [4.78, 5) is 22.6. The zero-order valence-corrected chi connectivity index (χ0v) is 9.52. The Bertz CT molecular complexity index is 267. The van der Waals surface area contributed by atoms with E-state index in [2.05, 4.69) is 23.8 Å². The van der Waals surface area contributed by atoms with Crippen molar-refractivity contribution >= 4 is 11.8 Å². The highest BCUT2D eigenvalue weighted by Crippen LogP contribution is 1.94. The maximum atomic E-state index is 11.3. The van der Waals surface area contributed by atoms with Crippen LogP contribution in [0.5, 0.6) is 0 Å². The number of carbonyl (C=O) groups is 2. The van der Waals surface area contributed by atoms with Crippen LogP contribution in [0.3, 0.4) is 0 Å². The predicted octanol–water partition coefficient (Wildman–Crippen LogP) is 1.11. The number of amides is 2. The Morgan fingerprint density at radius 1 is 1.07 bits per heavy atom. The Kier molecular flexibility index (Phi) is 5.37. The summed E-state index contributed by atoms with van der Waals surface area (Å²) in [5, 5.41) is 5.28. The van der Waals surface area contributed by atoms with Gasteiger partial charge in [-0.1, -0.05) is 20.1 Å². The van der Waals surface area contributed by atoms with Crippen LogP contribution in [0.1, 0.15) is 27.2 Å². The van der Waals surface area contributed by atoms with Gasteiger partial charge in [0.1, 0.15) is 6.17 Å². The van der Waals surface area contributed by atoms with Gasteiger partial charge < -0.3 is 10.6 Å². The summed E-state index contributed by atoms with van der Waals surface area (Å²) in [5.74, 6) is -0.521. The Hall–Kier alpha value is -1.58. The number of hydrogen-bond donors (Lipinski definition) is 2. The maximum Gasteiger partial charge on any atom is 0.247 e. The molecule has 0 fully saturated rings. The Balaban J connectivity index is 4.27. The molecule has 4 nitrogen and oxygen atoms in total. The molecule has 0 aromatic carbocycles. The molecule has 4 heteroatoms. The molecular formula is C11H18N2O2. The molecule has 0 unspecified atom stereocenters.